The van der Waals surface area contributed by atoms with Gasteiger partial charge in [-0.15, -0.1) is 0 Å². The number of methoxy groups -OCH3 is 1. The first kappa shape index (κ1) is 16.6. The number of phenols is 1. The number of ether oxygens (including phenoxy) is 1. The summed E-state index contributed by atoms with van der Waals surface area (Å²) in [4.78, 5) is 16.1. The third-order valence-electron chi connectivity index (χ3n) is 3.81. The number of anilines is 1. The molecule has 22 heavy (non-hydrogen) atoms. The number of nitrogens with zero attached hydrogens (tertiary/aromatic N) is 2. The molecular formula is C16H25N3O3. The Kier molecular flexibility index (Phi) is 6.48. The Balaban J connectivity index is 1.71. The third kappa shape index (κ3) is 4.89. The molecule has 1 aliphatic rings. The van der Waals surface area contributed by atoms with Crippen LogP contribution in [-0.2, 0) is 9.53 Å². The predicted octanol–water partition coefficient (Wildman–Crippen LogP) is 0.667. The number of hydrogen-bond acceptors (Lipinski definition) is 5. The van der Waals surface area contributed by atoms with Crippen LogP contribution in [0.2, 0.25) is 0 Å². The number of nitrogens with one attached hydrogen (secondary N) is 1. The molecule has 1 amide bonds. The maximum atomic E-state index is 11.8. The molecule has 0 aliphatic carbocycles. The van der Waals surface area contributed by atoms with Crippen LogP contribution in [0.15, 0.2) is 24.3 Å². The molecule has 2 N–H and O–H groups in total. The van der Waals surface area contributed by atoms with E-state index < -0.39 is 0 Å². The lowest BCUT2D eigenvalue weighted by molar-refractivity contribution is -0.122. The highest BCUT2D eigenvalue weighted by atomic mass is 16.5. The van der Waals surface area contributed by atoms with Crippen LogP contribution in [0.1, 0.15) is 6.42 Å². The normalized spacial score (nSPS) is 15.8. The van der Waals surface area contributed by atoms with Gasteiger partial charge >= 0.3 is 0 Å². The van der Waals surface area contributed by atoms with Crippen LogP contribution < -0.4 is 10.2 Å². The van der Waals surface area contributed by atoms with E-state index >= 15 is 0 Å². The minimum absolute atomic E-state index is 0.0621. The van der Waals surface area contributed by atoms with E-state index in [1.54, 1.807) is 13.2 Å². The second-order valence-electron chi connectivity index (χ2n) is 5.45. The Hall–Kier alpha value is -1.79. The van der Waals surface area contributed by atoms with Crippen molar-refractivity contribution in [1.82, 2.24) is 10.2 Å². The standard InChI is InChI=1S/C16H25N3O3/c1-22-12-4-7-17-16(21)13-18-8-10-19(11-9-18)14-5-2-3-6-15(14)20/h2-3,5-6,20H,4,7-13H2,1H3,(H,17,21). The molecule has 122 valence electrons. The first-order valence-electron chi connectivity index (χ1n) is 7.71. The number of hydrogen-bond donors (Lipinski definition) is 2. The average Bonchev–Trinajstić information content (AvgIpc) is 2.53. The topological polar surface area (TPSA) is 65.0 Å². The van der Waals surface area contributed by atoms with Crippen molar-refractivity contribution in [3.63, 3.8) is 0 Å². The molecule has 1 heterocycles. The summed E-state index contributed by atoms with van der Waals surface area (Å²) in [5.74, 6) is 0.374. The van der Waals surface area contributed by atoms with Crippen LogP contribution >= 0.6 is 0 Å². The van der Waals surface area contributed by atoms with Gasteiger partial charge in [-0.1, -0.05) is 12.1 Å². The second kappa shape index (κ2) is 8.60. The van der Waals surface area contributed by atoms with Crippen molar-refractivity contribution in [2.45, 2.75) is 6.42 Å². The van der Waals surface area contributed by atoms with Crippen LogP contribution in [0.3, 0.4) is 0 Å². The van der Waals surface area contributed by atoms with Gasteiger partial charge in [-0.3, -0.25) is 9.69 Å². The molecule has 1 aromatic carbocycles. The predicted molar refractivity (Wildman–Crippen MR) is 86.3 cm³/mol. The summed E-state index contributed by atoms with van der Waals surface area (Å²) in [6.07, 6.45) is 0.837. The fourth-order valence-corrected chi connectivity index (χ4v) is 2.58. The minimum Gasteiger partial charge on any atom is -0.506 e. The number of para-hydroxylation sites is 2. The molecular weight excluding hydrogens is 282 g/mol. The van der Waals surface area contributed by atoms with E-state index in [0.717, 1.165) is 38.3 Å². The van der Waals surface area contributed by atoms with Crippen LogP contribution in [0, 0.1) is 0 Å². The minimum atomic E-state index is 0.0621. The van der Waals surface area contributed by atoms with Crippen molar-refractivity contribution in [3.8, 4) is 5.75 Å². The number of carbonyl (C=O) groups is 1. The molecule has 1 saturated heterocycles. The SMILES string of the molecule is COCCCNC(=O)CN1CCN(c2ccccc2O)CC1. The van der Waals surface area contributed by atoms with Crippen molar-refractivity contribution in [2.24, 2.45) is 0 Å². The van der Waals surface area contributed by atoms with Gasteiger partial charge in [-0.2, -0.15) is 0 Å². The highest BCUT2D eigenvalue weighted by Gasteiger charge is 2.20. The van der Waals surface area contributed by atoms with E-state index in [-0.39, 0.29) is 5.91 Å². The van der Waals surface area contributed by atoms with Gasteiger partial charge in [0.15, 0.2) is 0 Å². The van der Waals surface area contributed by atoms with Crippen LogP contribution in [0.25, 0.3) is 0 Å². The summed E-state index contributed by atoms with van der Waals surface area (Å²) in [6.45, 7) is 5.02. The van der Waals surface area contributed by atoms with Gasteiger partial charge in [0.05, 0.1) is 12.2 Å². The Labute approximate surface area is 131 Å². The summed E-state index contributed by atoms with van der Waals surface area (Å²) in [5, 5.41) is 12.8. The average molecular weight is 307 g/mol. The molecule has 2 rings (SSSR count). The van der Waals surface area contributed by atoms with E-state index in [0.29, 0.717) is 25.4 Å². The Morgan fingerprint density at radius 2 is 2.00 bits per heavy atom. The molecule has 0 aromatic heterocycles. The lowest BCUT2D eigenvalue weighted by atomic mass is 10.2. The summed E-state index contributed by atoms with van der Waals surface area (Å²) in [6, 6.07) is 7.38. The van der Waals surface area contributed by atoms with Crippen LogP contribution in [0.4, 0.5) is 5.69 Å². The van der Waals surface area contributed by atoms with Crippen molar-refractivity contribution in [1.29, 1.82) is 0 Å². The third-order valence-corrected chi connectivity index (χ3v) is 3.81. The van der Waals surface area contributed by atoms with E-state index in [4.69, 9.17) is 4.74 Å². The maximum Gasteiger partial charge on any atom is 0.234 e. The van der Waals surface area contributed by atoms with Gasteiger partial charge in [-0.05, 0) is 18.6 Å². The zero-order valence-corrected chi connectivity index (χ0v) is 13.1. The van der Waals surface area contributed by atoms with Crippen LogP contribution in [-0.4, -0.2) is 68.9 Å². The maximum absolute atomic E-state index is 11.8. The molecule has 0 unspecified atom stereocenters. The van der Waals surface area contributed by atoms with Gasteiger partial charge in [0.1, 0.15) is 5.75 Å². The van der Waals surface area contributed by atoms with E-state index in [2.05, 4.69) is 15.1 Å². The van der Waals surface area contributed by atoms with Gasteiger partial charge in [0, 0.05) is 46.4 Å². The first-order chi connectivity index (χ1) is 10.7. The molecule has 0 bridgehead atoms. The summed E-state index contributed by atoms with van der Waals surface area (Å²) < 4.78 is 4.95. The Morgan fingerprint density at radius 1 is 1.27 bits per heavy atom. The lowest BCUT2D eigenvalue weighted by Gasteiger charge is -2.35. The fourth-order valence-electron chi connectivity index (χ4n) is 2.58. The summed E-state index contributed by atoms with van der Waals surface area (Å²) in [5.41, 5.74) is 0.867. The van der Waals surface area contributed by atoms with Gasteiger partial charge in [0.2, 0.25) is 5.91 Å². The number of piperazine rings is 1. The van der Waals surface area contributed by atoms with Crippen LogP contribution in [0.5, 0.6) is 5.75 Å². The number of benzene rings is 1. The monoisotopic (exact) mass is 307 g/mol. The molecule has 1 aromatic rings. The number of phenolic OH excluding ortho intramolecular Hbond substituents is 1. The number of rotatable bonds is 7. The van der Waals surface area contributed by atoms with E-state index in [9.17, 15) is 9.90 Å². The summed E-state index contributed by atoms with van der Waals surface area (Å²) in [7, 11) is 1.66. The van der Waals surface area contributed by atoms with Crippen molar-refractivity contribution in [2.75, 3.05) is 57.9 Å². The van der Waals surface area contributed by atoms with Crippen molar-refractivity contribution >= 4 is 11.6 Å². The highest BCUT2D eigenvalue weighted by Crippen LogP contribution is 2.26. The number of amides is 1. The smallest absolute Gasteiger partial charge is 0.234 e. The molecule has 6 heteroatoms. The van der Waals surface area contributed by atoms with Gasteiger partial charge in [0.25, 0.3) is 0 Å². The lowest BCUT2D eigenvalue weighted by Crippen LogP contribution is -2.49. The molecule has 0 spiro atoms. The number of aromatic hydroxyl groups is 1. The Bertz CT molecular complexity index is 473. The zero-order valence-electron chi connectivity index (χ0n) is 13.1. The quantitative estimate of drug-likeness (QED) is 0.725. The highest BCUT2D eigenvalue weighted by molar-refractivity contribution is 5.78. The zero-order chi connectivity index (χ0) is 15.8. The molecule has 0 saturated carbocycles. The van der Waals surface area contributed by atoms with Gasteiger partial charge in [-0.25, -0.2) is 0 Å². The first-order valence-corrected chi connectivity index (χ1v) is 7.71. The Morgan fingerprint density at radius 3 is 2.68 bits per heavy atom. The molecule has 1 fully saturated rings. The molecule has 6 nitrogen and oxygen atoms in total. The van der Waals surface area contributed by atoms with E-state index in [1.807, 2.05) is 18.2 Å². The van der Waals surface area contributed by atoms with Crippen molar-refractivity contribution < 1.29 is 14.6 Å². The van der Waals surface area contributed by atoms with Gasteiger partial charge < -0.3 is 20.1 Å². The molecule has 0 atom stereocenters. The largest absolute Gasteiger partial charge is 0.506 e. The fraction of sp³-hybridized carbons (Fsp3) is 0.562. The molecule has 0 radical (unpaired) electrons. The molecule has 1 aliphatic heterocycles. The summed E-state index contributed by atoms with van der Waals surface area (Å²) >= 11 is 0. The van der Waals surface area contributed by atoms with E-state index in [1.165, 1.54) is 0 Å². The second-order valence-corrected chi connectivity index (χ2v) is 5.45. The number of carbonyl (C=O) groups excluding carboxylic acids is 1. The van der Waals surface area contributed by atoms with Crippen molar-refractivity contribution in [3.05, 3.63) is 24.3 Å².